The highest BCUT2D eigenvalue weighted by molar-refractivity contribution is 7.09. The highest BCUT2D eigenvalue weighted by Gasteiger charge is 2.22. The Balaban J connectivity index is 1.86. The standard InChI is InChI=1S/C11H19N3O2S/c1-15-7-10-13-11(17-14-10)12-8-4-3-5-9(6-8)16-2/h8-9H,3-7H2,1-2H3,(H,12,13,14). The van der Waals surface area contributed by atoms with Crippen LogP contribution in [0, 0.1) is 0 Å². The Hall–Kier alpha value is -0.720. The first-order valence-corrected chi connectivity index (χ1v) is 6.70. The predicted octanol–water partition coefficient (Wildman–Crippen LogP) is 2.05. The molecular formula is C11H19N3O2S. The lowest BCUT2D eigenvalue weighted by atomic mass is 9.93. The lowest BCUT2D eigenvalue weighted by molar-refractivity contribution is 0.0669. The van der Waals surface area contributed by atoms with E-state index in [0.29, 0.717) is 18.8 Å². The smallest absolute Gasteiger partial charge is 0.202 e. The van der Waals surface area contributed by atoms with E-state index in [1.807, 2.05) is 0 Å². The normalized spacial score (nSPS) is 24.8. The number of ether oxygens (including phenoxy) is 2. The van der Waals surface area contributed by atoms with E-state index in [-0.39, 0.29) is 0 Å². The van der Waals surface area contributed by atoms with Gasteiger partial charge in [0.2, 0.25) is 5.13 Å². The van der Waals surface area contributed by atoms with Crippen LogP contribution in [0.25, 0.3) is 0 Å². The van der Waals surface area contributed by atoms with Crippen molar-refractivity contribution in [2.45, 2.75) is 44.4 Å². The fourth-order valence-electron chi connectivity index (χ4n) is 2.17. The summed E-state index contributed by atoms with van der Waals surface area (Å²) in [5.74, 6) is 0.749. The molecule has 0 bridgehead atoms. The summed E-state index contributed by atoms with van der Waals surface area (Å²) < 4.78 is 14.6. The van der Waals surface area contributed by atoms with Gasteiger partial charge in [-0.25, -0.2) is 4.98 Å². The third kappa shape index (κ3) is 3.62. The van der Waals surface area contributed by atoms with Crippen molar-refractivity contribution in [3.05, 3.63) is 5.82 Å². The van der Waals surface area contributed by atoms with Crippen LogP contribution in [0.15, 0.2) is 0 Å². The summed E-state index contributed by atoms with van der Waals surface area (Å²) in [6.45, 7) is 0.476. The molecule has 6 heteroatoms. The molecule has 0 amide bonds. The van der Waals surface area contributed by atoms with Crippen LogP contribution in [0.5, 0.6) is 0 Å². The molecule has 1 saturated carbocycles. The van der Waals surface area contributed by atoms with Crippen molar-refractivity contribution in [2.75, 3.05) is 19.5 Å². The van der Waals surface area contributed by atoms with Crippen molar-refractivity contribution in [2.24, 2.45) is 0 Å². The van der Waals surface area contributed by atoms with Gasteiger partial charge in [-0.05, 0) is 25.7 Å². The average Bonchev–Trinajstić information content (AvgIpc) is 2.77. The van der Waals surface area contributed by atoms with Crippen LogP contribution in [0.2, 0.25) is 0 Å². The topological polar surface area (TPSA) is 56.3 Å². The first-order valence-electron chi connectivity index (χ1n) is 5.92. The van der Waals surface area contributed by atoms with Gasteiger partial charge in [-0.2, -0.15) is 4.37 Å². The maximum absolute atomic E-state index is 5.41. The Morgan fingerprint density at radius 1 is 1.41 bits per heavy atom. The first-order chi connectivity index (χ1) is 8.31. The number of rotatable bonds is 5. The molecule has 96 valence electrons. The Morgan fingerprint density at radius 3 is 3.06 bits per heavy atom. The third-order valence-corrected chi connectivity index (χ3v) is 3.71. The number of hydrogen-bond acceptors (Lipinski definition) is 6. The Kier molecular flexibility index (Phi) is 4.70. The lowest BCUT2D eigenvalue weighted by Gasteiger charge is -2.28. The second-order valence-electron chi connectivity index (χ2n) is 4.31. The first kappa shape index (κ1) is 12.7. The molecule has 0 spiro atoms. The summed E-state index contributed by atoms with van der Waals surface area (Å²) in [5.41, 5.74) is 0. The van der Waals surface area contributed by atoms with Crippen LogP contribution in [-0.2, 0) is 16.1 Å². The Morgan fingerprint density at radius 2 is 2.29 bits per heavy atom. The number of nitrogens with zero attached hydrogens (tertiary/aromatic N) is 2. The molecule has 1 aromatic rings. The number of hydrogen-bond donors (Lipinski definition) is 1. The molecular weight excluding hydrogens is 238 g/mol. The lowest BCUT2D eigenvalue weighted by Crippen LogP contribution is -2.30. The fraction of sp³-hybridized carbons (Fsp3) is 0.818. The number of methoxy groups -OCH3 is 2. The molecule has 1 fully saturated rings. The van der Waals surface area contributed by atoms with Gasteiger partial charge in [-0.15, -0.1) is 0 Å². The van der Waals surface area contributed by atoms with E-state index in [0.717, 1.165) is 17.4 Å². The van der Waals surface area contributed by atoms with Gasteiger partial charge >= 0.3 is 0 Å². The van der Waals surface area contributed by atoms with Gasteiger partial charge in [-0.3, -0.25) is 0 Å². The molecule has 0 aliphatic heterocycles. The van der Waals surface area contributed by atoms with Gasteiger partial charge in [0, 0.05) is 31.8 Å². The number of nitrogens with one attached hydrogen (secondary N) is 1. The zero-order chi connectivity index (χ0) is 12.1. The summed E-state index contributed by atoms with van der Waals surface area (Å²) >= 11 is 1.40. The summed E-state index contributed by atoms with van der Waals surface area (Å²) in [4.78, 5) is 4.38. The molecule has 1 aliphatic carbocycles. The zero-order valence-electron chi connectivity index (χ0n) is 10.3. The molecule has 2 unspecified atom stereocenters. The molecule has 1 aromatic heterocycles. The summed E-state index contributed by atoms with van der Waals surface area (Å²) in [7, 11) is 3.44. The van der Waals surface area contributed by atoms with E-state index in [2.05, 4.69) is 14.7 Å². The van der Waals surface area contributed by atoms with Crippen molar-refractivity contribution in [1.82, 2.24) is 9.36 Å². The Labute approximate surface area is 106 Å². The van der Waals surface area contributed by atoms with E-state index in [1.54, 1.807) is 14.2 Å². The third-order valence-electron chi connectivity index (χ3n) is 3.03. The molecule has 0 aromatic carbocycles. The fourth-order valence-corrected chi connectivity index (χ4v) is 2.82. The van der Waals surface area contributed by atoms with Crippen molar-refractivity contribution in [3.8, 4) is 0 Å². The van der Waals surface area contributed by atoms with E-state index >= 15 is 0 Å². The van der Waals surface area contributed by atoms with Crippen molar-refractivity contribution in [3.63, 3.8) is 0 Å². The summed E-state index contributed by atoms with van der Waals surface area (Å²) in [6.07, 6.45) is 4.99. The van der Waals surface area contributed by atoms with Crippen LogP contribution in [0.3, 0.4) is 0 Å². The van der Waals surface area contributed by atoms with Crippen molar-refractivity contribution in [1.29, 1.82) is 0 Å². The van der Waals surface area contributed by atoms with Crippen LogP contribution in [-0.4, -0.2) is 35.7 Å². The van der Waals surface area contributed by atoms with E-state index < -0.39 is 0 Å². The Bertz CT molecular complexity index is 345. The van der Waals surface area contributed by atoms with Gasteiger partial charge in [0.25, 0.3) is 0 Å². The molecule has 0 radical (unpaired) electrons. The molecule has 5 nitrogen and oxygen atoms in total. The van der Waals surface area contributed by atoms with Crippen LogP contribution in [0.1, 0.15) is 31.5 Å². The molecule has 1 aliphatic rings. The molecule has 17 heavy (non-hydrogen) atoms. The molecule has 1 N–H and O–H groups in total. The average molecular weight is 257 g/mol. The van der Waals surface area contributed by atoms with Crippen molar-refractivity contribution < 1.29 is 9.47 Å². The highest BCUT2D eigenvalue weighted by Crippen LogP contribution is 2.24. The molecule has 2 rings (SSSR count). The van der Waals surface area contributed by atoms with Crippen LogP contribution >= 0.6 is 11.5 Å². The summed E-state index contributed by atoms with van der Waals surface area (Å²) in [6, 6.07) is 0.456. The predicted molar refractivity (Wildman–Crippen MR) is 67.3 cm³/mol. The molecule has 0 saturated heterocycles. The minimum atomic E-state index is 0.382. The minimum Gasteiger partial charge on any atom is -0.381 e. The molecule has 1 heterocycles. The second-order valence-corrected chi connectivity index (χ2v) is 5.07. The van der Waals surface area contributed by atoms with Gasteiger partial charge in [0.1, 0.15) is 6.61 Å². The number of aromatic nitrogens is 2. The largest absolute Gasteiger partial charge is 0.381 e. The molecule has 2 atom stereocenters. The van der Waals surface area contributed by atoms with E-state index in [9.17, 15) is 0 Å². The summed E-state index contributed by atoms with van der Waals surface area (Å²) in [5, 5.41) is 4.32. The quantitative estimate of drug-likeness (QED) is 0.875. The van der Waals surface area contributed by atoms with Crippen molar-refractivity contribution >= 4 is 16.7 Å². The zero-order valence-corrected chi connectivity index (χ0v) is 11.1. The maximum atomic E-state index is 5.41. The monoisotopic (exact) mass is 257 g/mol. The van der Waals surface area contributed by atoms with Gasteiger partial charge in [-0.1, -0.05) is 0 Å². The van der Waals surface area contributed by atoms with Gasteiger partial charge < -0.3 is 14.8 Å². The van der Waals surface area contributed by atoms with E-state index in [1.165, 1.54) is 30.8 Å². The maximum Gasteiger partial charge on any atom is 0.202 e. The second kappa shape index (κ2) is 6.28. The van der Waals surface area contributed by atoms with Gasteiger partial charge in [0.05, 0.1) is 6.10 Å². The highest BCUT2D eigenvalue weighted by atomic mass is 32.1. The number of anilines is 1. The minimum absolute atomic E-state index is 0.382. The van der Waals surface area contributed by atoms with Gasteiger partial charge in [0.15, 0.2) is 5.82 Å². The van der Waals surface area contributed by atoms with Crippen LogP contribution in [0.4, 0.5) is 5.13 Å². The van der Waals surface area contributed by atoms with Crippen LogP contribution < -0.4 is 5.32 Å². The SMILES string of the molecule is COCc1nsc(NC2CCCC(OC)C2)n1. The van der Waals surface area contributed by atoms with E-state index in [4.69, 9.17) is 9.47 Å².